The molecule has 4 nitrogen and oxygen atoms in total. The number of carbonyl (C=O) groups is 2. The SMILES string of the molecule is CC(Nc1ccccc1C(=O)c1ccccc1)C(=O)O. The molecule has 0 aliphatic heterocycles. The maximum atomic E-state index is 12.4. The molecule has 1 unspecified atom stereocenters. The van der Waals surface area contributed by atoms with Crippen LogP contribution in [0, 0.1) is 0 Å². The second-order valence-electron chi connectivity index (χ2n) is 4.44. The highest BCUT2D eigenvalue weighted by Gasteiger charge is 2.16. The molecule has 0 aliphatic rings. The van der Waals surface area contributed by atoms with Gasteiger partial charge in [0.25, 0.3) is 0 Å². The van der Waals surface area contributed by atoms with E-state index in [1.165, 1.54) is 6.92 Å². The Morgan fingerprint density at radius 1 is 1.00 bits per heavy atom. The third-order valence-corrected chi connectivity index (χ3v) is 2.95. The topological polar surface area (TPSA) is 66.4 Å². The number of hydrogen-bond donors (Lipinski definition) is 2. The van der Waals surface area contributed by atoms with Gasteiger partial charge in [0.2, 0.25) is 0 Å². The van der Waals surface area contributed by atoms with E-state index in [1.54, 1.807) is 48.5 Å². The van der Waals surface area contributed by atoms with Crippen molar-refractivity contribution in [2.24, 2.45) is 0 Å². The molecule has 4 heteroatoms. The summed E-state index contributed by atoms with van der Waals surface area (Å²) in [6.45, 7) is 1.53. The number of rotatable bonds is 5. The molecule has 0 aliphatic carbocycles. The largest absolute Gasteiger partial charge is 0.480 e. The first-order chi connectivity index (χ1) is 9.59. The van der Waals surface area contributed by atoms with Crippen LogP contribution < -0.4 is 5.32 Å². The van der Waals surface area contributed by atoms with E-state index < -0.39 is 12.0 Å². The molecule has 0 heterocycles. The first kappa shape index (κ1) is 13.8. The van der Waals surface area contributed by atoms with Crippen molar-refractivity contribution < 1.29 is 14.7 Å². The second kappa shape index (κ2) is 6.02. The number of carboxylic acid groups (broad SMARTS) is 1. The minimum atomic E-state index is -0.966. The first-order valence-electron chi connectivity index (χ1n) is 6.27. The number of carboxylic acids is 1. The van der Waals surface area contributed by atoms with Gasteiger partial charge in [-0.1, -0.05) is 42.5 Å². The van der Waals surface area contributed by atoms with Gasteiger partial charge < -0.3 is 10.4 Å². The van der Waals surface area contributed by atoms with Crippen LogP contribution in [0.4, 0.5) is 5.69 Å². The molecule has 2 aromatic rings. The lowest BCUT2D eigenvalue weighted by molar-refractivity contribution is -0.137. The van der Waals surface area contributed by atoms with Gasteiger partial charge in [-0.15, -0.1) is 0 Å². The van der Waals surface area contributed by atoms with Gasteiger partial charge in [0, 0.05) is 16.8 Å². The van der Waals surface area contributed by atoms with Crippen LogP contribution in [-0.4, -0.2) is 22.9 Å². The highest BCUT2D eigenvalue weighted by atomic mass is 16.4. The fourth-order valence-corrected chi connectivity index (χ4v) is 1.85. The monoisotopic (exact) mass is 269 g/mol. The zero-order valence-electron chi connectivity index (χ0n) is 11.0. The molecule has 0 bridgehead atoms. The van der Waals surface area contributed by atoms with Crippen molar-refractivity contribution in [3.8, 4) is 0 Å². The molecule has 0 spiro atoms. The number of benzene rings is 2. The first-order valence-corrected chi connectivity index (χ1v) is 6.27. The van der Waals surface area contributed by atoms with E-state index in [1.807, 2.05) is 6.07 Å². The van der Waals surface area contributed by atoms with Crippen LogP contribution in [0.5, 0.6) is 0 Å². The Balaban J connectivity index is 2.33. The van der Waals surface area contributed by atoms with Crippen molar-refractivity contribution in [3.05, 3.63) is 65.7 Å². The van der Waals surface area contributed by atoms with Crippen molar-refractivity contribution in [3.63, 3.8) is 0 Å². The van der Waals surface area contributed by atoms with Crippen LogP contribution in [0.25, 0.3) is 0 Å². The third kappa shape index (κ3) is 3.03. The summed E-state index contributed by atoms with van der Waals surface area (Å²) in [6, 6.07) is 15.0. The van der Waals surface area contributed by atoms with Crippen LogP contribution in [0.1, 0.15) is 22.8 Å². The van der Waals surface area contributed by atoms with Gasteiger partial charge >= 0.3 is 5.97 Å². The number of hydrogen-bond acceptors (Lipinski definition) is 3. The lowest BCUT2D eigenvalue weighted by atomic mass is 10.0. The molecule has 2 rings (SSSR count). The van der Waals surface area contributed by atoms with Crippen molar-refractivity contribution in [1.82, 2.24) is 0 Å². The fourth-order valence-electron chi connectivity index (χ4n) is 1.85. The van der Waals surface area contributed by atoms with E-state index >= 15 is 0 Å². The van der Waals surface area contributed by atoms with Crippen molar-refractivity contribution in [2.45, 2.75) is 13.0 Å². The number of ketones is 1. The van der Waals surface area contributed by atoms with Crippen molar-refractivity contribution >= 4 is 17.4 Å². The minimum absolute atomic E-state index is 0.133. The summed E-state index contributed by atoms with van der Waals surface area (Å²) in [7, 11) is 0. The smallest absolute Gasteiger partial charge is 0.325 e. The second-order valence-corrected chi connectivity index (χ2v) is 4.44. The summed E-state index contributed by atoms with van der Waals surface area (Å²) in [5.41, 5.74) is 1.56. The van der Waals surface area contributed by atoms with Gasteiger partial charge in [-0.05, 0) is 19.1 Å². The summed E-state index contributed by atoms with van der Waals surface area (Å²) < 4.78 is 0. The molecule has 0 saturated carbocycles. The zero-order valence-corrected chi connectivity index (χ0v) is 11.0. The number of nitrogens with one attached hydrogen (secondary N) is 1. The summed E-state index contributed by atoms with van der Waals surface area (Å²) in [4.78, 5) is 23.3. The molecule has 0 aromatic heterocycles. The van der Waals surface area contributed by atoms with Crippen LogP contribution in [0.3, 0.4) is 0 Å². The summed E-state index contributed by atoms with van der Waals surface area (Å²) >= 11 is 0. The van der Waals surface area contributed by atoms with Gasteiger partial charge in [0.1, 0.15) is 6.04 Å². The molecule has 2 aromatic carbocycles. The van der Waals surface area contributed by atoms with E-state index in [0.29, 0.717) is 16.8 Å². The Morgan fingerprint density at radius 3 is 2.25 bits per heavy atom. The Hall–Kier alpha value is -2.62. The van der Waals surface area contributed by atoms with Gasteiger partial charge in [0.05, 0.1) is 0 Å². The van der Waals surface area contributed by atoms with Gasteiger partial charge in [0.15, 0.2) is 5.78 Å². The van der Waals surface area contributed by atoms with Crippen LogP contribution in [0.2, 0.25) is 0 Å². The van der Waals surface area contributed by atoms with E-state index in [9.17, 15) is 9.59 Å². The van der Waals surface area contributed by atoms with Crippen LogP contribution in [-0.2, 0) is 4.79 Å². The van der Waals surface area contributed by atoms with E-state index in [4.69, 9.17) is 5.11 Å². The normalized spacial score (nSPS) is 11.7. The van der Waals surface area contributed by atoms with E-state index in [-0.39, 0.29) is 5.78 Å². The highest BCUT2D eigenvalue weighted by molar-refractivity contribution is 6.12. The minimum Gasteiger partial charge on any atom is -0.480 e. The van der Waals surface area contributed by atoms with E-state index in [2.05, 4.69) is 5.32 Å². The number of para-hydroxylation sites is 1. The average Bonchev–Trinajstić information content (AvgIpc) is 2.48. The Kier molecular flexibility index (Phi) is 4.15. The lowest BCUT2D eigenvalue weighted by Crippen LogP contribution is -2.26. The summed E-state index contributed by atoms with van der Waals surface area (Å²) in [5, 5.41) is 11.8. The fraction of sp³-hybridized carbons (Fsp3) is 0.125. The zero-order chi connectivity index (χ0) is 14.5. The molecular weight excluding hydrogens is 254 g/mol. The predicted molar refractivity (Wildman–Crippen MR) is 77.0 cm³/mol. The van der Waals surface area contributed by atoms with Crippen LogP contribution >= 0.6 is 0 Å². The standard InChI is InChI=1S/C16H15NO3/c1-11(16(19)20)17-14-10-6-5-9-13(14)15(18)12-7-3-2-4-8-12/h2-11,17H,1H3,(H,19,20). The van der Waals surface area contributed by atoms with Crippen molar-refractivity contribution in [2.75, 3.05) is 5.32 Å². The molecule has 0 fully saturated rings. The molecule has 20 heavy (non-hydrogen) atoms. The molecule has 2 N–H and O–H groups in total. The van der Waals surface area contributed by atoms with E-state index in [0.717, 1.165) is 0 Å². The number of carbonyl (C=O) groups excluding carboxylic acids is 1. The maximum absolute atomic E-state index is 12.4. The lowest BCUT2D eigenvalue weighted by Gasteiger charge is -2.14. The number of aliphatic carboxylic acids is 1. The molecule has 0 saturated heterocycles. The van der Waals surface area contributed by atoms with Crippen molar-refractivity contribution in [1.29, 1.82) is 0 Å². The van der Waals surface area contributed by atoms with Gasteiger partial charge in [-0.3, -0.25) is 9.59 Å². The molecular formula is C16H15NO3. The summed E-state index contributed by atoms with van der Waals surface area (Å²) in [6.07, 6.45) is 0. The van der Waals surface area contributed by atoms with Gasteiger partial charge in [-0.2, -0.15) is 0 Å². The Morgan fingerprint density at radius 2 is 1.60 bits per heavy atom. The quantitative estimate of drug-likeness (QED) is 0.819. The maximum Gasteiger partial charge on any atom is 0.325 e. The third-order valence-electron chi connectivity index (χ3n) is 2.95. The Labute approximate surface area is 117 Å². The van der Waals surface area contributed by atoms with Gasteiger partial charge in [-0.25, -0.2) is 0 Å². The predicted octanol–water partition coefficient (Wildman–Crippen LogP) is 2.80. The molecule has 0 radical (unpaired) electrons. The molecule has 1 atom stereocenters. The molecule has 0 amide bonds. The Bertz CT molecular complexity index is 623. The highest BCUT2D eigenvalue weighted by Crippen LogP contribution is 2.20. The molecule has 102 valence electrons. The summed E-state index contributed by atoms with van der Waals surface area (Å²) in [5.74, 6) is -1.10. The van der Waals surface area contributed by atoms with Crippen LogP contribution in [0.15, 0.2) is 54.6 Å². The average molecular weight is 269 g/mol. The number of anilines is 1.